The van der Waals surface area contributed by atoms with E-state index in [4.69, 9.17) is 0 Å². The Hall–Kier alpha value is -3.24. The van der Waals surface area contributed by atoms with Gasteiger partial charge >= 0.3 is 0 Å². The first-order valence-corrected chi connectivity index (χ1v) is 9.99. The highest BCUT2D eigenvalue weighted by molar-refractivity contribution is 5.62. The van der Waals surface area contributed by atoms with Crippen molar-refractivity contribution in [2.75, 3.05) is 18.0 Å². The van der Waals surface area contributed by atoms with Crippen molar-refractivity contribution in [2.45, 2.75) is 19.8 Å². The van der Waals surface area contributed by atoms with Crippen molar-refractivity contribution in [3.63, 3.8) is 0 Å². The van der Waals surface area contributed by atoms with Gasteiger partial charge in [0.25, 0.3) is 0 Å². The van der Waals surface area contributed by atoms with Gasteiger partial charge in [-0.3, -0.25) is 0 Å². The molecule has 0 spiro atoms. The van der Waals surface area contributed by atoms with E-state index in [2.05, 4.69) is 84.3 Å². The van der Waals surface area contributed by atoms with Gasteiger partial charge in [0.05, 0.1) is 5.69 Å². The monoisotopic (exact) mass is 365 g/mol. The third-order valence-corrected chi connectivity index (χ3v) is 4.58. The standard InChI is InChI=1S/C27H27N/c1-2-3-22-28(23-12-17-24-13-6-4-7-14-24)27-19-11-10-18-26(27)21-20-25-15-8-5-9-16-25/h4-19H,2-3,22-23H2,1H3/b17-12+. The Morgan fingerprint density at radius 1 is 0.786 bits per heavy atom. The quantitative estimate of drug-likeness (QED) is 0.438. The van der Waals surface area contributed by atoms with Gasteiger partial charge in [-0.2, -0.15) is 0 Å². The summed E-state index contributed by atoms with van der Waals surface area (Å²) in [6, 6.07) is 29.1. The lowest BCUT2D eigenvalue weighted by Gasteiger charge is -2.24. The maximum Gasteiger partial charge on any atom is 0.0528 e. The van der Waals surface area contributed by atoms with Gasteiger partial charge in [-0.05, 0) is 36.2 Å². The van der Waals surface area contributed by atoms with E-state index in [1.54, 1.807) is 0 Å². The molecule has 1 heteroatoms. The molecule has 0 aliphatic rings. The summed E-state index contributed by atoms with van der Waals surface area (Å²) in [4.78, 5) is 2.43. The summed E-state index contributed by atoms with van der Waals surface area (Å²) >= 11 is 0. The Bertz CT molecular complexity index is 930. The maximum absolute atomic E-state index is 3.38. The average molecular weight is 366 g/mol. The third kappa shape index (κ3) is 5.89. The van der Waals surface area contributed by atoms with Crippen LogP contribution in [0.4, 0.5) is 5.69 Å². The zero-order valence-corrected chi connectivity index (χ0v) is 16.5. The van der Waals surface area contributed by atoms with Crippen molar-refractivity contribution in [3.05, 3.63) is 108 Å². The zero-order chi connectivity index (χ0) is 19.4. The third-order valence-electron chi connectivity index (χ3n) is 4.58. The minimum atomic E-state index is 0.874. The van der Waals surface area contributed by atoms with Crippen molar-refractivity contribution in [3.8, 4) is 11.8 Å². The van der Waals surface area contributed by atoms with E-state index < -0.39 is 0 Å². The Kier molecular flexibility index (Phi) is 7.53. The second-order valence-corrected chi connectivity index (χ2v) is 6.75. The molecule has 3 aromatic carbocycles. The summed E-state index contributed by atoms with van der Waals surface area (Å²) in [7, 11) is 0. The number of rotatable bonds is 7. The minimum absolute atomic E-state index is 0.874. The minimum Gasteiger partial charge on any atom is -0.367 e. The van der Waals surface area contributed by atoms with Crippen LogP contribution in [0.3, 0.4) is 0 Å². The number of nitrogens with zero attached hydrogens (tertiary/aromatic N) is 1. The van der Waals surface area contributed by atoms with Crippen LogP contribution in [0.5, 0.6) is 0 Å². The molecule has 0 bridgehead atoms. The molecule has 0 heterocycles. The highest BCUT2D eigenvalue weighted by atomic mass is 15.1. The lowest BCUT2D eigenvalue weighted by atomic mass is 10.1. The average Bonchev–Trinajstić information content (AvgIpc) is 2.76. The molecule has 28 heavy (non-hydrogen) atoms. The van der Waals surface area contributed by atoms with Gasteiger partial charge in [0, 0.05) is 24.2 Å². The van der Waals surface area contributed by atoms with Gasteiger partial charge in [-0.25, -0.2) is 0 Å². The summed E-state index contributed by atoms with van der Waals surface area (Å²) in [6.45, 7) is 4.14. The summed E-state index contributed by atoms with van der Waals surface area (Å²) in [6.07, 6.45) is 6.78. The van der Waals surface area contributed by atoms with Gasteiger partial charge in [-0.15, -0.1) is 0 Å². The van der Waals surface area contributed by atoms with Crippen LogP contribution in [0.2, 0.25) is 0 Å². The molecule has 140 valence electrons. The molecular weight excluding hydrogens is 338 g/mol. The fourth-order valence-corrected chi connectivity index (χ4v) is 3.06. The number of para-hydroxylation sites is 1. The highest BCUT2D eigenvalue weighted by Crippen LogP contribution is 2.20. The van der Waals surface area contributed by atoms with Gasteiger partial charge in [0.2, 0.25) is 0 Å². The van der Waals surface area contributed by atoms with Gasteiger partial charge in [-0.1, -0.05) is 98.0 Å². The molecule has 0 radical (unpaired) electrons. The summed E-state index contributed by atoms with van der Waals surface area (Å²) in [5, 5.41) is 0. The molecule has 0 saturated carbocycles. The predicted octanol–water partition coefficient (Wildman–Crippen LogP) is 6.41. The van der Waals surface area contributed by atoms with Crippen LogP contribution in [0.15, 0.2) is 91.0 Å². The molecule has 0 N–H and O–H groups in total. The largest absolute Gasteiger partial charge is 0.367 e. The predicted molar refractivity (Wildman–Crippen MR) is 121 cm³/mol. The van der Waals surface area contributed by atoms with Crippen LogP contribution in [-0.4, -0.2) is 13.1 Å². The summed E-state index contributed by atoms with van der Waals surface area (Å²) in [5.41, 5.74) is 4.56. The number of hydrogen-bond acceptors (Lipinski definition) is 1. The smallest absolute Gasteiger partial charge is 0.0528 e. The van der Waals surface area contributed by atoms with Crippen LogP contribution in [0, 0.1) is 11.8 Å². The van der Waals surface area contributed by atoms with E-state index in [0.29, 0.717) is 0 Å². The number of hydrogen-bond donors (Lipinski definition) is 0. The van der Waals surface area contributed by atoms with Crippen LogP contribution in [0.1, 0.15) is 36.5 Å². The zero-order valence-electron chi connectivity index (χ0n) is 16.5. The van der Waals surface area contributed by atoms with E-state index >= 15 is 0 Å². The van der Waals surface area contributed by atoms with E-state index in [0.717, 1.165) is 24.2 Å². The second-order valence-electron chi connectivity index (χ2n) is 6.75. The molecule has 0 aliphatic heterocycles. The van der Waals surface area contributed by atoms with E-state index in [1.807, 2.05) is 36.4 Å². The van der Waals surface area contributed by atoms with E-state index in [1.165, 1.54) is 24.1 Å². The normalized spacial score (nSPS) is 10.5. The first kappa shape index (κ1) is 19.5. The van der Waals surface area contributed by atoms with Gasteiger partial charge in [0.15, 0.2) is 0 Å². The van der Waals surface area contributed by atoms with Crippen molar-refractivity contribution in [2.24, 2.45) is 0 Å². The molecule has 3 aromatic rings. The second kappa shape index (κ2) is 10.8. The van der Waals surface area contributed by atoms with Crippen molar-refractivity contribution in [1.29, 1.82) is 0 Å². The molecular formula is C27H27N. The van der Waals surface area contributed by atoms with Crippen LogP contribution < -0.4 is 4.90 Å². The molecule has 0 aliphatic carbocycles. The fourth-order valence-electron chi connectivity index (χ4n) is 3.06. The van der Waals surface area contributed by atoms with Crippen molar-refractivity contribution >= 4 is 11.8 Å². The lowest BCUT2D eigenvalue weighted by Crippen LogP contribution is -2.25. The Morgan fingerprint density at radius 2 is 1.46 bits per heavy atom. The molecule has 0 unspecified atom stereocenters. The Labute approximate surface area is 169 Å². The van der Waals surface area contributed by atoms with Crippen LogP contribution >= 0.6 is 0 Å². The lowest BCUT2D eigenvalue weighted by molar-refractivity contribution is 0.746. The van der Waals surface area contributed by atoms with Crippen LogP contribution in [-0.2, 0) is 0 Å². The summed E-state index contributed by atoms with van der Waals surface area (Å²) in [5.74, 6) is 6.68. The SMILES string of the molecule is CCCCN(C/C=C/c1ccccc1)c1ccccc1C#Cc1ccccc1. The molecule has 0 fully saturated rings. The first-order valence-electron chi connectivity index (χ1n) is 9.99. The number of benzene rings is 3. The topological polar surface area (TPSA) is 3.24 Å². The molecule has 0 amide bonds. The fraction of sp³-hybridized carbons (Fsp3) is 0.185. The molecule has 0 saturated heterocycles. The van der Waals surface area contributed by atoms with Gasteiger partial charge in [0.1, 0.15) is 0 Å². The number of unbranched alkanes of at least 4 members (excludes halogenated alkanes) is 1. The molecule has 0 aromatic heterocycles. The number of anilines is 1. The summed E-state index contributed by atoms with van der Waals surface area (Å²) < 4.78 is 0. The first-order chi connectivity index (χ1) is 13.9. The van der Waals surface area contributed by atoms with E-state index in [9.17, 15) is 0 Å². The van der Waals surface area contributed by atoms with Crippen LogP contribution in [0.25, 0.3) is 6.08 Å². The van der Waals surface area contributed by atoms with Crippen molar-refractivity contribution < 1.29 is 0 Å². The molecule has 3 rings (SSSR count). The molecule has 1 nitrogen and oxygen atoms in total. The Morgan fingerprint density at radius 3 is 2.21 bits per heavy atom. The Balaban J connectivity index is 1.82. The molecule has 0 atom stereocenters. The van der Waals surface area contributed by atoms with Gasteiger partial charge < -0.3 is 4.90 Å². The van der Waals surface area contributed by atoms with E-state index in [-0.39, 0.29) is 0 Å². The van der Waals surface area contributed by atoms with Crippen molar-refractivity contribution in [1.82, 2.24) is 0 Å². The maximum atomic E-state index is 3.38. The highest BCUT2D eigenvalue weighted by Gasteiger charge is 2.08.